The smallest absolute Gasteiger partial charge is 0.331 e. The number of halogens is 1. The Morgan fingerprint density at radius 2 is 1.20 bits per heavy atom. The van der Waals surface area contributed by atoms with Crippen LogP contribution in [0.4, 0.5) is 0 Å². The lowest BCUT2D eigenvalue weighted by atomic mass is 10.2. The predicted octanol–water partition coefficient (Wildman–Crippen LogP) is 2.06. The van der Waals surface area contributed by atoms with E-state index in [9.17, 15) is 9.59 Å². The molecular weight excluding hydrogens is 585 g/mol. The van der Waals surface area contributed by atoms with Gasteiger partial charge in [0.1, 0.15) is 29.8 Å². The van der Waals surface area contributed by atoms with Crippen molar-refractivity contribution < 1.29 is 36.1 Å². The molecule has 0 saturated carbocycles. The average Bonchev–Trinajstić information content (AvgIpc) is 3.00. The Labute approximate surface area is 247 Å². The summed E-state index contributed by atoms with van der Waals surface area (Å²) in [5.41, 5.74) is 0.866. The van der Waals surface area contributed by atoms with Gasteiger partial charge in [-0.15, -0.1) is 6.58 Å². The van der Waals surface area contributed by atoms with Crippen LogP contribution < -0.4 is 32.9 Å². The van der Waals surface area contributed by atoms with E-state index in [1.165, 1.54) is 5.06 Å². The summed E-state index contributed by atoms with van der Waals surface area (Å²) in [6.07, 6.45) is 1.69. The third-order valence-electron chi connectivity index (χ3n) is 6.46. The van der Waals surface area contributed by atoms with E-state index in [0.29, 0.717) is 0 Å². The van der Waals surface area contributed by atoms with Crippen LogP contribution in [0.25, 0.3) is 0 Å². The number of ether oxygens (including phenoxy) is 1. The van der Waals surface area contributed by atoms with Crippen molar-refractivity contribution >= 4 is 35.1 Å². The van der Waals surface area contributed by atoms with E-state index in [1.807, 2.05) is 84.9 Å². The molecule has 0 aromatic heterocycles. The largest absolute Gasteiger partial charge is 1.00 e. The first-order valence-corrected chi connectivity index (χ1v) is 14.8. The maximum Gasteiger partial charge on any atom is 0.331 e. The van der Waals surface area contributed by atoms with E-state index in [4.69, 9.17) is 9.57 Å². The van der Waals surface area contributed by atoms with E-state index < -0.39 is 19.3 Å². The van der Waals surface area contributed by atoms with Crippen molar-refractivity contribution in [1.82, 2.24) is 5.06 Å². The summed E-state index contributed by atoms with van der Waals surface area (Å²) in [5, 5.41) is 4.37. The molecule has 0 bridgehead atoms. The fourth-order valence-electron chi connectivity index (χ4n) is 4.52. The quantitative estimate of drug-likeness (QED) is 0.106. The molecule has 0 aliphatic rings. The number of esters is 1. The minimum Gasteiger partial charge on any atom is -1.00 e. The Bertz CT molecular complexity index is 1260. The highest BCUT2D eigenvalue weighted by molar-refractivity contribution is 7.96. The van der Waals surface area contributed by atoms with Gasteiger partial charge in [0.05, 0.1) is 6.61 Å². The van der Waals surface area contributed by atoms with E-state index >= 15 is 0 Å². The monoisotopic (exact) mass is 617 g/mol. The minimum atomic E-state index is -2.48. The number of amides is 1. The number of rotatable bonds is 12. The molecule has 4 aromatic rings. The van der Waals surface area contributed by atoms with Crippen molar-refractivity contribution in [3.8, 4) is 0 Å². The molecule has 0 aliphatic heterocycles. The van der Waals surface area contributed by atoms with E-state index in [1.54, 1.807) is 13.0 Å². The van der Waals surface area contributed by atoms with Gasteiger partial charge in [-0.3, -0.25) is 9.63 Å². The van der Waals surface area contributed by atoms with Gasteiger partial charge in [-0.25, -0.2) is 9.86 Å². The van der Waals surface area contributed by atoms with E-state index in [0.717, 1.165) is 21.5 Å². The molecule has 1 atom stereocenters. The van der Waals surface area contributed by atoms with Gasteiger partial charge >= 0.3 is 5.97 Å². The van der Waals surface area contributed by atoms with Crippen LogP contribution in [-0.4, -0.2) is 35.8 Å². The van der Waals surface area contributed by atoms with E-state index in [2.05, 4.69) is 43.0 Å². The second kappa shape index (κ2) is 15.3. The van der Waals surface area contributed by atoms with E-state index in [-0.39, 0.29) is 42.3 Å². The highest BCUT2D eigenvalue weighted by atomic mass is 79.9. The third-order valence-corrected chi connectivity index (χ3v) is 10.7. The number of hydroxylamine groups is 2. The Morgan fingerprint density at radius 1 is 0.775 bits per heavy atom. The van der Waals surface area contributed by atoms with Crippen LogP contribution in [-0.2, 0) is 25.8 Å². The van der Waals surface area contributed by atoms with Crippen molar-refractivity contribution in [2.24, 2.45) is 0 Å². The second-order valence-electron chi connectivity index (χ2n) is 9.05. The molecule has 206 valence electrons. The standard InChI is InChI=1S/C33H33NO4P.BrH/c1-3-24-38-34(27(2)33(36)37-25-28-16-8-4-9-17-28)32(35)26-39(29-18-10-5-11-19-29,30-20-12-6-13-21-30)31-22-14-7-15-23-31;/h3-23,27H,1,24-26H2,2H3;1H/q+1;/p-1/t27-;/m1./s1. The maximum absolute atomic E-state index is 14.2. The minimum absolute atomic E-state index is 0. The Hall–Kier alpha value is -3.57. The number of hydrogen-bond acceptors (Lipinski definition) is 4. The fraction of sp³-hybridized carbons (Fsp3) is 0.152. The normalized spacial score (nSPS) is 11.5. The Morgan fingerprint density at radius 3 is 1.62 bits per heavy atom. The molecule has 4 aromatic carbocycles. The molecule has 0 saturated heterocycles. The number of nitrogens with zero attached hydrogens (tertiary/aromatic N) is 1. The zero-order valence-corrected chi connectivity index (χ0v) is 24.9. The van der Waals surface area contributed by atoms with Crippen LogP contribution in [0.15, 0.2) is 134 Å². The van der Waals surface area contributed by atoms with Crippen molar-refractivity contribution in [1.29, 1.82) is 0 Å². The van der Waals surface area contributed by atoms with Gasteiger partial charge in [-0.1, -0.05) is 91.0 Å². The van der Waals surface area contributed by atoms with Crippen LogP contribution in [0.2, 0.25) is 0 Å². The van der Waals surface area contributed by atoms with Gasteiger partial charge in [0.15, 0.2) is 12.2 Å². The van der Waals surface area contributed by atoms with Gasteiger partial charge in [-0.2, -0.15) is 0 Å². The summed E-state index contributed by atoms with van der Waals surface area (Å²) in [5.74, 6) is -0.842. The zero-order chi connectivity index (χ0) is 27.5. The highest BCUT2D eigenvalue weighted by Crippen LogP contribution is 2.55. The zero-order valence-electron chi connectivity index (χ0n) is 22.4. The van der Waals surface area contributed by atoms with Crippen LogP contribution in [0.1, 0.15) is 12.5 Å². The Kier molecular flexibility index (Phi) is 11.8. The molecule has 0 spiro atoms. The topological polar surface area (TPSA) is 55.8 Å². The van der Waals surface area contributed by atoms with Gasteiger partial charge in [-0.05, 0) is 48.9 Å². The number of benzene rings is 4. The van der Waals surface area contributed by atoms with Crippen molar-refractivity contribution in [2.45, 2.75) is 19.6 Å². The maximum atomic E-state index is 14.2. The first kappa shape index (κ1) is 31.0. The molecule has 1 amide bonds. The highest BCUT2D eigenvalue weighted by Gasteiger charge is 2.49. The van der Waals surface area contributed by atoms with Crippen LogP contribution in [0.3, 0.4) is 0 Å². The fourth-order valence-corrected chi connectivity index (χ4v) is 8.55. The SMILES string of the molecule is C=CCON(C(=O)C[P+](c1ccccc1)(c1ccccc1)c1ccccc1)[C@H](C)C(=O)OCc1ccccc1.[Br-]. The van der Waals surface area contributed by atoms with Crippen LogP contribution in [0.5, 0.6) is 0 Å². The summed E-state index contributed by atoms with van der Waals surface area (Å²) in [6.45, 7) is 5.54. The molecule has 0 unspecified atom stereocenters. The molecule has 0 heterocycles. The molecular formula is C33H33BrNO4P. The molecule has 5 nitrogen and oxygen atoms in total. The molecule has 40 heavy (non-hydrogen) atoms. The molecule has 4 rings (SSSR count). The van der Waals surface area contributed by atoms with Gasteiger partial charge in [0.25, 0.3) is 5.91 Å². The lowest BCUT2D eigenvalue weighted by Crippen LogP contribution is -3.00. The summed E-state index contributed by atoms with van der Waals surface area (Å²) < 4.78 is 5.56. The van der Waals surface area contributed by atoms with Crippen molar-refractivity contribution in [3.63, 3.8) is 0 Å². The summed E-state index contributed by atoms with van der Waals surface area (Å²) in [4.78, 5) is 33.1. The molecule has 0 aliphatic carbocycles. The number of hydrogen-bond donors (Lipinski definition) is 0. The van der Waals surface area contributed by atoms with Crippen molar-refractivity contribution in [2.75, 3.05) is 12.8 Å². The second-order valence-corrected chi connectivity index (χ2v) is 12.5. The summed E-state index contributed by atoms with van der Waals surface area (Å²) in [7, 11) is -2.48. The number of carbonyl (C=O) groups excluding carboxylic acids is 2. The summed E-state index contributed by atoms with van der Waals surface area (Å²) >= 11 is 0. The average molecular weight is 619 g/mol. The lowest BCUT2D eigenvalue weighted by molar-refractivity contribution is -0.201. The molecule has 0 fully saturated rings. The molecule has 7 heteroatoms. The molecule has 0 N–H and O–H groups in total. The summed E-state index contributed by atoms with van der Waals surface area (Å²) in [6, 6.07) is 38.8. The van der Waals surface area contributed by atoms with Crippen LogP contribution in [0, 0.1) is 0 Å². The third kappa shape index (κ3) is 7.33. The van der Waals surface area contributed by atoms with Crippen LogP contribution >= 0.6 is 7.26 Å². The first-order chi connectivity index (χ1) is 19.1. The lowest BCUT2D eigenvalue weighted by Gasteiger charge is -2.31. The van der Waals surface area contributed by atoms with Gasteiger partial charge in [0, 0.05) is 0 Å². The van der Waals surface area contributed by atoms with Crippen molar-refractivity contribution in [3.05, 3.63) is 140 Å². The predicted molar refractivity (Wildman–Crippen MR) is 159 cm³/mol. The Balaban J connectivity index is 0.00000441. The van der Waals surface area contributed by atoms with Gasteiger partial charge < -0.3 is 21.7 Å². The number of carbonyl (C=O) groups is 2. The first-order valence-electron chi connectivity index (χ1n) is 12.9. The molecule has 0 radical (unpaired) electrons. The van der Waals surface area contributed by atoms with Gasteiger partial charge in [0.2, 0.25) is 0 Å².